The molecule has 1 aromatic heterocycles. The van der Waals surface area contributed by atoms with E-state index in [0.717, 1.165) is 24.8 Å². The summed E-state index contributed by atoms with van der Waals surface area (Å²) in [5.74, 6) is -2.10. The molecule has 5 rings (SSSR count). The highest BCUT2D eigenvalue weighted by molar-refractivity contribution is 5.93. The van der Waals surface area contributed by atoms with Gasteiger partial charge in [-0.2, -0.15) is 0 Å². The van der Waals surface area contributed by atoms with Crippen LogP contribution in [0.5, 0.6) is 0 Å². The number of nitrogens with two attached hydrogens (primary N) is 1. The van der Waals surface area contributed by atoms with Crippen molar-refractivity contribution in [2.24, 2.45) is 11.1 Å². The van der Waals surface area contributed by atoms with E-state index in [-0.39, 0.29) is 40.7 Å². The molecule has 1 amide bonds. The zero-order chi connectivity index (χ0) is 26.3. The van der Waals surface area contributed by atoms with Crippen LogP contribution in [0.3, 0.4) is 0 Å². The first-order valence-corrected chi connectivity index (χ1v) is 12.6. The fourth-order valence-corrected chi connectivity index (χ4v) is 5.17. The summed E-state index contributed by atoms with van der Waals surface area (Å²) in [5.41, 5.74) is 6.73. The van der Waals surface area contributed by atoms with Crippen LogP contribution in [0.4, 0.5) is 10.1 Å². The number of carboxylic acid groups (broad SMARTS) is 1. The summed E-state index contributed by atoms with van der Waals surface area (Å²) in [6.45, 7) is 3.57. The van der Waals surface area contributed by atoms with Crippen LogP contribution in [-0.4, -0.2) is 47.2 Å². The lowest BCUT2D eigenvalue weighted by molar-refractivity contribution is -0.122. The van der Waals surface area contributed by atoms with Crippen molar-refractivity contribution in [3.05, 3.63) is 75.8 Å². The molecule has 3 aromatic rings. The molecule has 1 saturated heterocycles. The van der Waals surface area contributed by atoms with E-state index in [1.165, 1.54) is 12.3 Å². The molecule has 2 fully saturated rings. The van der Waals surface area contributed by atoms with E-state index in [1.54, 1.807) is 10.6 Å². The largest absolute Gasteiger partial charge is 0.477 e. The summed E-state index contributed by atoms with van der Waals surface area (Å²) >= 11 is 0. The molecule has 1 aliphatic heterocycles. The average Bonchev–Trinajstić information content (AvgIpc) is 3.64. The molecule has 38 heavy (non-hydrogen) atoms. The Kier molecular flexibility index (Phi) is 7.80. The molecule has 1 aliphatic carbocycles. The second-order valence-corrected chi connectivity index (χ2v) is 10.6. The SMILES string of the molecule is CC1(CNC(=O)C(N)Cc2ccccc2)CCN(c2cc3c(cc2F)c(=O)c(C(=O)O)cn3C2CC2)C1.Cl. The maximum Gasteiger partial charge on any atom is 0.341 e. The Bertz CT molecular complexity index is 1430. The molecule has 10 heteroatoms. The van der Waals surface area contributed by atoms with Gasteiger partial charge in [-0.1, -0.05) is 37.3 Å². The lowest BCUT2D eigenvalue weighted by Crippen LogP contribution is -2.46. The van der Waals surface area contributed by atoms with Crippen LogP contribution in [0.1, 0.15) is 48.1 Å². The third-order valence-corrected chi connectivity index (χ3v) is 7.49. The van der Waals surface area contributed by atoms with Gasteiger partial charge in [-0.3, -0.25) is 9.59 Å². The fraction of sp³-hybridized carbons (Fsp3) is 0.393. The first-order chi connectivity index (χ1) is 17.6. The number of hydrogen-bond acceptors (Lipinski definition) is 5. The monoisotopic (exact) mass is 542 g/mol. The number of pyridine rings is 1. The normalized spacial score (nSPS) is 19.7. The van der Waals surface area contributed by atoms with E-state index in [0.29, 0.717) is 37.3 Å². The molecule has 2 heterocycles. The van der Waals surface area contributed by atoms with Crippen molar-refractivity contribution in [1.29, 1.82) is 0 Å². The Morgan fingerprint density at radius 2 is 1.95 bits per heavy atom. The van der Waals surface area contributed by atoms with Gasteiger partial charge < -0.3 is 25.6 Å². The van der Waals surface area contributed by atoms with Crippen LogP contribution < -0.4 is 21.4 Å². The third-order valence-electron chi connectivity index (χ3n) is 7.49. The number of nitrogens with zero attached hydrogens (tertiary/aromatic N) is 2. The van der Waals surface area contributed by atoms with Crippen LogP contribution in [0.15, 0.2) is 53.5 Å². The number of nitrogens with one attached hydrogen (secondary N) is 1. The molecule has 2 atom stereocenters. The first kappa shape index (κ1) is 27.6. The van der Waals surface area contributed by atoms with Gasteiger partial charge in [0.1, 0.15) is 11.4 Å². The number of carbonyl (C=O) groups is 2. The van der Waals surface area contributed by atoms with E-state index < -0.39 is 23.3 Å². The first-order valence-electron chi connectivity index (χ1n) is 12.6. The van der Waals surface area contributed by atoms with Gasteiger partial charge in [0.05, 0.1) is 17.2 Å². The van der Waals surface area contributed by atoms with Crippen molar-refractivity contribution >= 4 is 40.9 Å². The Balaban J connectivity index is 0.00000336. The quantitative estimate of drug-likeness (QED) is 0.401. The Labute approximate surface area is 226 Å². The minimum absolute atomic E-state index is 0. The number of carboxylic acids is 1. The maximum atomic E-state index is 15.3. The summed E-state index contributed by atoms with van der Waals surface area (Å²) in [7, 11) is 0. The molecule has 1 saturated carbocycles. The predicted molar refractivity (Wildman–Crippen MR) is 147 cm³/mol. The number of aromatic nitrogens is 1. The smallest absolute Gasteiger partial charge is 0.341 e. The lowest BCUT2D eigenvalue weighted by Gasteiger charge is -2.27. The van der Waals surface area contributed by atoms with Crippen molar-refractivity contribution in [3.63, 3.8) is 0 Å². The third kappa shape index (κ3) is 5.54. The van der Waals surface area contributed by atoms with Crippen LogP contribution in [0, 0.1) is 11.2 Å². The Morgan fingerprint density at radius 3 is 2.61 bits per heavy atom. The number of amides is 1. The average molecular weight is 543 g/mol. The Morgan fingerprint density at radius 1 is 1.24 bits per heavy atom. The number of hydrogen-bond donors (Lipinski definition) is 3. The molecule has 0 spiro atoms. The Hall–Kier alpha value is -3.43. The summed E-state index contributed by atoms with van der Waals surface area (Å²) in [5, 5.41) is 12.5. The highest BCUT2D eigenvalue weighted by atomic mass is 35.5. The maximum absolute atomic E-state index is 15.3. The van der Waals surface area contributed by atoms with Crippen LogP contribution in [-0.2, 0) is 11.2 Å². The molecular weight excluding hydrogens is 511 g/mol. The van der Waals surface area contributed by atoms with E-state index in [1.807, 2.05) is 42.2 Å². The van der Waals surface area contributed by atoms with Gasteiger partial charge in [-0.15, -0.1) is 12.4 Å². The summed E-state index contributed by atoms with van der Waals surface area (Å²) in [6.07, 6.45) is 4.35. The lowest BCUT2D eigenvalue weighted by atomic mass is 9.89. The highest BCUT2D eigenvalue weighted by Crippen LogP contribution is 2.39. The highest BCUT2D eigenvalue weighted by Gasteiger charge is 2.36. The molecule has 2 unspecified atom stereocenters. The number of halogens is 2. The predicted octanol–water partition coefficient (Wildman–Crippen LogP) is 3.50. The van der Waals surface area contributed by atoms with Gasteiger partial charge in [-0.25, -0.2) is 9.18 Å². The van der Waals surface area contributed by atoms with Crippen molar-refractivity contribution in [2.75, 3.05) is 24.5 Å². The summed E-state index contributed by atoms with van der Waals surface area (Å²) < 4.78 is 17.1. The van der Waals surface area contributed by atoms with Crippen molar-refractivity contribution in [3.8, 4) is 0 Å². The second kappa shape index (κ2) is 10.7. The van der Waals surface area contributed by atoms with Crippen molar-refractivity contribution < 1.29 is 19.1 Å². The molecule has 0 radical (unpaired) electrons. The van der Waals surface area contributed by atoms with Gasteiger partial charge >= 0.3 is 5.97 Å². The van der Waals surface area contributed by atoms with Crippen LogP contribution in [0.2, 0.25) is 0 Å². The van der Waals surface area contributed by atoms with Gasteiger partial charge in [0.25, 0.3) is 0 Å². The molecule has 202 valence electrons. The molecule has 8 nitrogen and oxygen atoms in total. The van der Waals surface area contributed by atoms with E-state index in [4.69, 9.17) is 5.73 Å². The zero-order valence-corrected chi connectivity index (χ0v) is 22.0. The van der Waals surface area contributed by atoms with Crippen molar-refractivity contribution in [2.45, 2.75) is 44.7 Å². The second-order valence-electron chi connectivity index (χ2n) is 10.6. The number of rotatable bonds is 8. The van der Waals surface area contributed by atoms with Crippen molar-refractivity contribution in [1.82, 2.24) is 9.88 Å². The number of fused-ring (bicyclic) bond motifs is 1. The number of aromatic carboxylic acids is 1. The number of anilines is 1. The van der Waals surface area contributed by atoms with Gasteiger partial charge in [0, 0.05) is 42.7 Å². The van der Waals surface area contributed by atoms with Crippen LogP contribution >= 0.6 is 12.4 Å². The summed E-state index contributed by atoms with van der Waals surface area (Å²) in [4.78, 5) is 38.9. The standard InChI is InChI=1S/C28H31FN4O4.ClH/c1-28(15-31-26(35)22(30)11-17-5-3-2-4-6-17)9-10-32(16-28)24-13-23-19(12-21(24)29)25(34)20(27(36)37)14-33(23)18-7-8-18;/h2-6,12-14,18,22H,7-11,15-16,30H2,1H3,(H,31,35)(H,36,37);1H. The van der Waals surface area contributed by atoms with Crippen LogP contribution in [0.25, 0.3) is 10.9 Å². The van der Waals surface area contributed by atoms with E-state index in [2.05, 4.69) is 5.32 Å². The van der Waals surface area contributed by atoms with E-state index in [9.17, 15) is 19.5 Å². The van der Waals surface area contributed by atoms with Gasteiger partial charge in [-0.05, 0) is 43.4 Å². The van der Waals surface area contributed by atoms with E-state index >= 15 is 4.39 Å². The van der Waals surface area contributed by atoms with Gasteiger partial charge in [0.15, 0.2) is 0 Å². The molecule has 2 aliphatic rings. The minimum Gasteiger partial charge on any atom is -0.477 e. The number of carbonyl (C=O) groups excluding carboxylic acids is 1. The topological polar surface area (TPSA) is 118 Å². The molecular formula is C28H32ClFN4O4. The molecule has 0 bridgehead atoms. The van der Waals surface area contributed by atoms with Gasteiger partial charge in [0.2, 0.25) is 11.3 Å². The zero-order valence-electron chi connectivity index (χ0n) is 21.2. The molecule has 4 N–H and O–H groups in total. The summed E-state index contributed by atoms with van der Waals surface area (Å²) in [6, 6.07) is 11.9. The fourth-order valence-electron chi connectivity index (χ4n) is 5.17. The number of benzene rings is 2. The minimum atomic E-state index is -1.31. The molecule has 2 aromatic carbocycles.